The Bertz CT molecular complexity index is 331. The van der Waals surface area contributed by atoms with Gasteiger partial charge in [-0.2, -0.15) is 0 Å². The number of carbonyl (C=O) groups is 3. The molecule has 0 saturated heterocycles. The van der Waals surface area contributed by atoms with Crippen molar-refractivity contribution in [3.05, 3.63) is 12.2 Å². The van der Waals surface area contributed by atoms with Crippen LogP contribution in [0.3, 0.4) is 0 Å². The lowest BCUT2D eigenvalue weighted by Gasteiger charge is -2.24. The molecule has 2 unspecified atom stereocenters. The van der Waals surface area contributed by atoms with E-state index in [-0.39, 0.29) is 29.7 Å². The average Bonchev–Trinajstić information content (AvgIpc) is 2.57. The van der Waals surface area contributed by atoms with Gasteiger partial charge in [0, 0.05) is 31.2 Å². The molecule has 0 fully saturated rings. The first-order valence-corrected chi connectivity index (χ1v) is 5.24. The van der Waals surface area contributed by atoms with Gasteiger partial charge in [0.2, 0.25) is 5.91 Å². The van der Waals surface area contributed by atoms with Gasteiger partial charge in [-0.25, -0.2) is 0 Å². The van der Waals surface area contributed by atoms with E-state index in [0.29, 0.717) is 6.42 Å². The Labute approximate surface area is 94.5 Å². The third-order valence-corrected chi connectivity index (χ3v) is 2.67. The summed E-state index contributed by atoms with van der Waals surface area (Å²) >= 11 is 0. The van der Waals surface area contributed by atoms with Crippen molar-refractivity contribution in [3.63, 3.8) is 0 Å². The lowest BCUT2D eigenvalue weighted by atomic mass is 10.0. The number of amides is 3. The van der Waals surface area contributed by atoms with Crippen LogP contribution in [0.15, 0.2) is 12.2 Å². The first-order valence-electron chi connectivity index (χ1n) is 5.24. The molecule has 0 aromatic carbocycles. The monoisotopic (exact) mass is 224 g/mol. The maximum Gasteiger partial charge on any atom is 0.253 e. The molecule has 0 spiro atoms. The molecule has 5 heteroatoms. The van der Waals surface area contributed by atoms with Crippen LogP contribution in [0.1, 0.15) is 20.3 Å². The van der Waals surface area contributed by atoms with E-state index in [4.69, 9.17) is 0 Å². The van der Waals surface area contributed by atoms with Crippen LogP contribution in [-0.2, 0) is 14.4 Å². The summed E-state index contributed by atoms with van der Waals surface area (Å²) in [6.07, 6.45) is 2.98. The molecule has 0 radical (unpaired) electrons. The minimum Gasteiger partial charge on any atom is -0.359 e. The van der Waals surface area contributed by atoms with Gasteiger partial charge in [0.1, 0.15) is 0 Å². The van der Waals surface area contributed by atoms with Crippen LogP contribution in [0.5, 0.6) is 0 Å². The molecule has 1 N–H and O–H groups in total. The summed E-state index contributed by atoms with van der Waals surface area (Å²) in [6, 6.07) is -0.262. The second-order valence-electron chi connectivity index (χ2n) is 3.98. The third-order valence-electron chi connectivity index (χ3n) is 2.67. The molecule has 0 saturated carbocycles. The van der Waals surface area contributed by atoms with Crippen molar-refractivity contribution in [2.75, 3.05) is 7.05 Å². The van der Waals surface area contributed by atoms with Crippen LogP contribution < -0.4 is 5.32 Å². The van der Waals surface area contributed by atoms with E-state index in [1.807, 2.05) is 0 Å². The van der Waals surface area contributed by atoms with E-state index in [0.717, 1.165) is 0 Å². The van der Waals surface area contributed by atoms with E-state index in [9.17, 15) is 14.4 Å². The van der Waals surface area contributed by atoms with E-state index < -0.39 is 0 Å². The Morgan fingerprint density at radius 2 is 1.81 bits per heavy atom. The van der Waals surface area contributed by atoms with Gasteiger partial charge in [-0.1, -0.05) is 6.92 Å². The van der Waals surface area contributed by atoms with Crippen molar-refractivity contribution in [3.8, 4) is 0 Å². The molecule has 2 atom stereocenters. The maximum atomic E-state index is 11.4. The van der Waals surface area contributed by atoms with Gasteiger partial charge < -0.3 is 5.32 Å². The zero-order valence-electron chi connectivity index (χ0n) is 9.69. The Balaban J connectivity index is 2.59. The summed E-state index contributed by atoms with van der Waals surface area (Å²) in [4.78, 5) is 35.2. The van der Waals surface area contributed by atoms with Gasteiger partial charge >= 0.3 is 0 Å². The summed E-state index contributed by atoms with van der Waals surface area (Å²) in [5, 5.41) is 2.54. The van der Waals surface area contributed by atoms with Crippen molar-refractivity contribution >= 4 is 17.7 Å². The van der Waals surface area contributed by atoms with E-state index in [1.165, 1.54) is 17.1 Å². The first-order chi connectivity index (χ1) is 7.47. The molecule has 88 valence electrons. The number of carbonyl (C=O) groups excluding carboxylic acids is 3. The fraction of sp³-hybridized carbons (Fsp3) is 0.545. The molecular weight excluding hydrogens is 208 g/mol. The molecule has 0 aromatic heterocycles. The lowest BCUT2D eigenvalue weighted by Crippen LogP contribution is -2.40. The SMILES string of the molecule is CNC(=O)C(C)CC(C)N1C(=O)C=CC1=O. The standard InChI is InChI=1S/C11H16N2O3/c1-7(11(16)12-3)6-8(2)13-9(14)4-5-10(13)15/h4-5,7-8H,6H2,1-3H3,(H,12,16). The number of hydrogen-bond donors (Lipinski definition) is 1. The van der Waals surface area contributed by atoms with E-state index >= 15 is 0 Å². The zero-order chi connectivity index (χ0) is 12.3. The van der Waals surface area contributed by atoms with Crippen LogP contribution in [0.2, 0.25) is 0 Å². The van der Waals surface area contributed by atoms with Crippen molar-refractivity contribution in [1.82, 2.24) is 10.2 Å². The van der Waals surface area contributed by atoms with Crippen LogP contribution in [-0.4, -0.2) is 35.7 Å². The average molecular weight is 224 g/mol. The fourth-order valence-corrected chi connectivity index (χ4v) is 1.82. The van der Waals surface area contributed by atoms with Gasteiger partial charge in [0.25, 0.3) is 11.8 Å². The predicted octanol–water partition coefficient (Wildman–Crippen LogP) is 0.0721. The minimum absolute atomic E-state index is 0.0843. The second-order valence-corrected chi connectivity index (χ2v) is 3.98. The fourth-order valence-electron chi connectivity index (χ4n) is 1.82. The molecule has 1 aliphatic rings. The van der Waals surface area contributed by atoms with Crippen molar-refractivity contribution in [2.24, 2.45) is 5.92 Å². The van der Waals surface area contributed by atoms with Crippen LogP contribution >= 0.6 is 0 Å². The van der Waals surface area contributed by atoms with Crippen molar-refractivity contribution in [1.29, 1.82) is 0 Å². The second kappa shape index (κ2) is 4.92. The largest absolute Gasteiger partial charge is 0.359 e. The summed E-state index contributed by atoms with van der Waals surface area (Å²) in [7, 11) is 1.57. The van der Waals surface area contributed by atoms with Gasteiger partial charge in [0.15, 0.2) is 0 Å². The third kappa shape index (κ3) is 2.48. The van der Waals surface area contributed by atoms with Gasteiger partial charge in [0.05, 0.1) is 0 Å². The number of hydrogen-bond acceptors (Lipinski definition) is 3. The van der Waals surface area contributed by atoms with Gasteiger partial charge in [-0.05, 0) is 13.3 Å². The molecular formula is C11H16N2O3. The summed E-state index contributed by atoms with van der Waals surface area (Å²) in [6.45, 7) is 3.54. The highest BCUT2D eigenvalue weighted by molar-refractivity contribution is 6.13. The summed E-state index contributed by atoms with van der Waals surface area (Å²) < 4.78 is 0. The van der Waals surface area contributed by atoms with Crippen LogP contribution in [0.25, 0.3) is 0 Å². The Morgan fingerprint density at radius 1 is 1.31 bits per heavy atom. The molecule has 0 bridgehead atoms. The van der Waals surface area contributed by atoms with Crippen LogP contribution in [0.4, 0.5) is 0 Å². The van der Waals surface area contributed by atoms with Crippen LogP contribution in [0, 0.1) is 5.92 Å². The highest BCUT2D eigenvalue weighted by Crippen LogP contribution is 2.16. The molecule has 1 heterocycles. The van der Waals surface area contributed by atoms with E-state index in [2.05, 4.69) is 5.32 Å². The summed E-state index contributed by atoms with van der Waals surface area (Å²) in [5.41, 5.74) is 0. The Morgan fingerprint density at radius 3 is 2.25 bits per heavy atom. The molecule has 0 aliphatic carbocycles. The number of imide groups is 1. The first kappa shape index (κ1) is 12.4. The van der Waals surface area contributed by atoms with E-state index in [1.54, 1.807) is 20.9 Å². The molecule has 3 amide bonds. The Kier molecular flexibility index (Phi) is 3.82. The molecule has 1 aliphatic heterocycles. The van der Waals surface area contributed by atoms with Crippen molar-refractivity contribution in [2.45, 2.75) is 26.3 Å². The topological polar surface area (TPSA) is 66.5 Å². The highest BCUT2D eigenvalue weighted by Gasteiger charge is 2.30. The summed E-state index contributed by atoms with van der Waals surface area (Å²) in [5.74, 6) is -0.914. The van der Waals surface area contributed by atoms with Gasteiger partial charge in [-0.15, -0.1) is 0 Å². The quantitative estimate of drug-likeness (QED) is 0.687. The molecule has 16 heavy (non-hydrogen) atoms. The number of nitrogens with one attached hydrogen (secondary N) is 1. The smallest absolute Gasteiger partial charge is 0.253 e. The molecule has 0 aromatic rings. The highest BCUT2D eigenvalue weighted by atomic mass is 16.2. The minimum atomic E-state index is -0.304. The maximum absolute atomic E-state index is 11.4. The Hall–Kier alpha value is -1.65. The number of rotatable bonds is 4. The number of nitrogens with zero attached hydrogens (tertiary/aromatic N) is 1. The predicted molar refractivity (Wildman–Crippen MR) is 58.3 cm³/mol. The zero-order valence-corrected chi connectivity index (χ0v) is 9.69. The molecule has 1 rings (SSSR count). The lowest BCUT2D eigenvalue weighted by molar-refractivity contribution is -0.140. The normalized spacial score (nSPS) is 18.8. The van der Waals surface area contributed by atoms with Crippen molar-refractivity contribution < 1.29 is 14.4 Å². The van der Waals surface area contributed by atoms with Gasteiger partial charge in [-0.3, -0.25) is 19.3 Å². The molecule has 5 nitrogen and oxygen atoms in total.